The fraction of sp³-hybridized carbons (Fsp3) is 0.920. The molecule has 10 heteroatoms. The second kappa shape index (κ2) is 43.0. The zero-order valence-electron chi connectivity index (χ0n) is 40.2. The maximum absolute atomic E-state index is 12.7. The van der Waals surface area contributed by atoms with Crippen molar-refractivity contribution in [1.29, 1.82) is 0 Å². The SMILES string of the molecule is CCCCC/C=C\CCCCCCCC(=O)OC(COC(=O)CCCCCCCCCCCCCCCCCCCCCCCCCC)COP(=O)(O)OCC[N+](C)(C)C. The average Bonchev–Trinajstić information content (AvgIpc) is 3.20. The molecule has 0 fully saturated rings. The molecule has 0 saturated heterocycles. The summed E-state index contributed by atoms with van der Waals surface area (Å²) in [6.07, 6.45) is 47.0. The van der Waals surface area contributed by atoms with Crippen molar-refractivity contribution in [2.75, 3.05) is 47.5 Å². The van der Waals surface area contributed by atoms with Crippen molar-refractivity contribution in [3.8, 4) is 0 Å². The van der Waals surface area contributed by atoms with Gasteiger partial charge in [0.05, 0.1) is 27.7 Å². The van der Waals surface area contributed by atoms with Gasteiger partial charge < -0.3 is 18.9 Å². The van der Waals surface area contributed by atoms with Crippen LogP contribution in [0, 0.1) is 0 Å². The summed E-state index contributed by atoms with van der Waals surface area (Å²) in [6.45, 7) is 4.43. The Morgan fingerprint density at radius 3 is 1.27 bits per heavy atom. The maximum Gasteiger partial charge on any atom is 0.472 e. The molecule has 0 spiro atoms. The van der Waals surface area contributed by atoms with Crippen LogP contribution in [0.2, 0.25) is 0 Å². The first-order valence-electron chi connectivity index (χ1n) is 25.4. The molecular weight excluding hydrogens is 774 g/mol. The average molecular weight is 873 g/mol. The van der Waals surface area contributed by atoms with Crippen molar-refractivity contribution >= 4 is 19.8 Å². The topological polar surface area (TPSA) is 108 Å². The Kier molecular flexibility index (Phi) is 42.1. The van der Waals surface area contributed by atoms with E-state index >= 15 is 0 Å². The Labute approximate surface area is 371 Å². The first-order chi connectivity index (χ1) is 29.0. The molecule has 0 aliphatic rings. The van der Waals surface area contributed by atoms with Gasteiger partial charge in [0.15, 0.2) is 6.10 Å². The fourth-order valence-corrected chi connectivity index (χ4v) is 8.05. The third kappa shape index (κ3) is 46.3. The minimum absolute atomic E-state index is 0.0333. The quantitative estimate of drug-likeness (QED) is 0.0212. The summed E-state index contributed by atoms with van der Waals surface area (Å²) in [5.41, 5.74) is 0. The summed E-state index contributed by atoms with van der Waals surface area (Å²) in [5.74, 6) is -0.796. The molecule has 0 aliphatic heterocycles. The number of rotatable bonds is 47. The van der Waals surface area contributed by atoms with Gasteiger partial charge in [-0.3, -0.25) is 18.6 Å². The van der Waals surface area contributed by atoms with Gasteiger partial charge in [-0.1, -0.05) is 206 Å². The van der Waals surface area contributed by atoms with E-state index in [4.69, 9.17) is 18.5 Å². The number of allylic oxidation sites excluding steroid dienone is 2. The van der Waals surface area contributed by atoms with Gasteiger partial charge >= 0.3 is 19.8 Å². The number of likely N-dealkylation sites (N-methyl/N-ethyl adjacent to an activating group) is 1. The molecule has 9 nitrogen and oxygen atoms in total. The minimum Gasteiger partial charge on any atom is -0.462 e. The largest absolute Gasteiger partial charge is 0.472 e. The second-order valence-corrected chi connectivity index (χ2v) is 20.0. The number of hydrogen-bond donors (Lipinski definition) is 1. The van der Waals surface area contributed by atoms with Crippen LogP contribution in [0.25, 0.3) is 0 Å². The number of phosphoric acid groups is 1. The molecule has 0 aromatic carbocycles. The van der Waals surface area contributed by atoms with Crippen molar-refractivity contribution in [2.45, 2.75) is 251 Å². The monoisotopic (exact) mass is 873 g/mol. The van der Waals surface area contributed by atoms with Gasteiger partial charge in [0.2, 0.25) is 0 Å². The summed E-state index contributed by atoms with van der Waals surface area (Å²) in [5, 5.41) is 0. The van der Waals surface area contributed by atoms with Crippen molar-refractivity contribution < 1.29 is 42.1 Å². The molecule has 0 bridgehead atoms. The predicted octanol–water partition coefficient (Wildman–Crippen LogP) is 14.9. The van der Waals surface area contributed by atoms with Crippen molar-refractivity contribution in [3.63, 3.8) is 0 Å². The van der Waals surface area contributed by atoms with Gasteiger partial charge in [0.1, 0.15) is 19.8 Å². The summed E-state index contributed by atoms with van der Waals surface area (Å²) >= 11 is 0. The molecule has 0 aromatic rings. The number of ether oxygens (including phenoxy) is 2. The number of unbranched alkanes of at least 4 members (excludes halogenated alkanes) is 31. The van der Waals surface area contributed by atoms with Gasteiger partial charge in [0.25, 0.3) is 0 Å². The fourth-order valence-electron chi connectivity index (χ4n) is 7.31. The number of quaternary nitrogens is 1. The predicted molar refractivity (Wildman–Crippen MR) is 252 cm³/mol. The van der Waals surface area contributed by atoms with Crippen LogP contribution in [-0.4, -0.2) is 74.9 Å². The lowest BCUT2D eigenvalue weighted by Crippen LogP contribution is -2.37. The Morgan fingerprint density at radius 2 is 0.850 bits per heavy atom. The van der Waals surface area contributed by atoms with Gasteiger partial charge in [-0.05, 0) is 38.5 Å². The van der Waals surface area contributed by atoms with Gasteiger partial charge in [-0.25, -0.2) is 4.57 Å². The van der Waals surface area contributed by atoms with Crippen LogP contribution < -0.4 is 0 Å². The Balaban J connectivity index is 4.11. The standard InChI is InChI=1S/C50H98NO8P/c1-6-8-10-12-14-16-18-20-21-22-23-24-25-26-27-28-29-30-31-33-34-36-38-40-42-49(52)56-46-48(47-58-60(54,55)57-45-44-51(3,4)5)59-50(53)43-41-39-37-35-32-19-17-15-13-11-9-7-2/h15,17,48H,6-14,16,18-47H2,1-5H3/p+1/b17-15-. The zero-order chi connectivity index (χ0) is 44.3. The third-order valence-electron chi connectivity index (χ3n) is 11.3. The lowest BCUT2D eigenvalue weighted by molar-refractivity contribution is -0.870. The highest BCUT2D eigenvalue weighted by Crippen LogP contribution is 2.43. The van der Waals surface area contributed by atoms with Crippen LogP contribution in [-0.2, 0) is 32.7 Å². The molecule has 2 atom stereocenters. The molecule has 0 heterocycles. The van der Waals surface area contributed by atoms with E-state index in [1.165, 1.54) is 161 Å². The molecule has 0 radical (unpaired) electrons. The number of esters is 2. The van der Waals surface area contributed by atoms with E-state index in [9.17, 15) is 19.0 Å². The van der Waals surface area contributed by atoms with E-state index in [0.717, 1.165) is 51.4 Å². The first-order valence-corrected chi connectivity index (χ1v) is 26.9. The van der Waals surface area contributed by atoms with Gasteiger partial charge in [0, 0.05) is 12.8 Å². The molecule has 0 aromatic heterocycles. The van der Waals surface area contributed by atoms with Gasteiger partial charge in [-0.15, -0.1) is 0 Å². The normalized spacial score (nSPS) is 13.5. The minimum atomic E-state index is -4.37. The third-order valence-corrected chi connectivity index (χ3v) is 12.3. The Hall–Kier alpha value is -1.25. The van der Waals surface area contributed by atoms with Crippen LogP contribution >= 0.6 is 7.82 Å². The van der Waals surface area contributed by atoms with E-state index in [-0.39, 0.29) is 25.6 Å². The number of hydrogen-bond acceptors (Lipinski definition) is 7. The van der Waals surface area contributed by atoms with Crippen LogP contribution in [0.5, 0.6) is 0 Å². The zero-order valence-corrected chi connectivity index (χ0v) is 41.1. The number of nitrogens with zero attached hydrogens (tertiary/aromatic N) is 1. The van der Waals surface area contributed by atoms with Crippen molar-refractivity contribution in [1.82, 2.24) is 0 Å². The van der Waals surface area contributed by atoms with Crippen LogP contribution in [0.15, 0.2) is 12.2 Å². The molecule has 1 N–H and O–H groups in total. The molecule has 0 rings (SSSR count). The molecule has 60 heavy (non-hydrogen) atoms. The van der Waals surface area contributed by atoms with E-state index < -0.39 is 26.5 Å². The van der Waals surface area contributed by atoms with E-state index in [1.807, 2.05) is 21.1 Å². The summed E-state index contributed by atoms with van der Waals surface area (Å²) in [6, 6.07) is 0. The number of phosphoric ester groups is 1. The lowest BCUT2D eigenvalue weighted by Gasteiger charge is -2.24. The first kappa shape index (κ1) is 58.8. The Morgan fingerprint density at radius 1 is 0.500 bits per heavy atom. The van der Waals surface area contributed by atoms with Crippen molar-refractivity contribution in [2.24, 2.45) is 0 Å². The van der Waals surface area contributed by atoms with Crippen LogP contribution in [0.4, 0.5) is 0 Å². The van der Waals surface area contributed by atoms with E-state index in [2.05, 4.69) is 26.0 Å². The molecule has 0 aliphatic carbocycles. The van der Waals surface area contributed by atoms with E-state index in [0.29, 0.717) is 23.9 Å². The molecule has 2 unspecified atom stereocenters. The highest BCUT2D eigenvalue weighted by Gasteiger charge is 2.27. The maximum atomic E-state index is 12.7. The molecule has 356 valence electrons. The Bertz CT molecular complexity index is 1030. The summed E-state index contributed by atoms with van der Waals surface area (Å²) in [4.78, 5) is 35.4. The highest BCUT2D eigenvalue weighted by molar-refractivity contribution is 7.47. The van der Waals surface area contributed by atoms with Crippen molar-refractivity contribution in [3.05, 3.63) is 12.2 Å². The number of carbonyl (C=O) groups excluding carboxylic acids is 2. The van der Waals surface area contributed by atoms with Gasteiger partial charge in [-0.2, -0.15) is 0 Å². The molecular formula is C50H99NO8P+. The summed E-state index contributed by atoms with van der Waals surface area (Å²) in [7, 11) is 1.48. The van der Waals surface area contributed by atoms with Crippen LogP contribution in [0.1, 0.15) is 245 Å². The smallest absolute Gasteiger partial charge is 0.462 e. The second-order valence-electron chi connectivity index (χ2n) is 18.6. The number of carbonyl (C=O) groups is 2. The summed E-state index contributed by atoms with van der Waals surface area (Å²) < 4.78 is 34.4. The van der Waals surface area contributed by atoms with E-state index in [1.54, 1.807) is 0 Å². The molecule has 0 saturated carbocycles. The molecule has 0 amide bonds. The highest BCUT2D eigenvalue weighted by atomic mass is 31.2. The lowest BCUT2D eigenvalue weighted by atomic mass is 10.0. The van der Waals surface area contributed by atoms with Crippen LogP contribution in [0.3, 0.4) is 0 Å².